The van der Waals surface area contributed by atoms with Gasteiger partial charge in [-0.1, -0.05) is 26.3 Å². The largest absolute Gasteiger partial charge is 0.454 e. The Balaban J connectivity index is 1.90. The number of hydrogen-bond acceptors (Lipinski definition) is 3. The molecule has 3 nitrogen and oxygen atoms in total. The summed E-state index contributed by atoms with van der Waals surface area (Å²) in [6, 6.07) is 6.76. The molecule has 0 aliphatic carbocycles. The molecule has 1 aromatic carbocycles. The van der Waals surface area contributed by atoms with Crippen LogP contribution < -0.4 is 14.8 Å². The number of fused-ring (bicyclic) bond motifs is 1. The minimum absolute atomic E-state index is 0.347. The van der Waals surface area contributed by atoms with Gasteiger partial charge in [-0.3, -0.25) is 0 Å². The molecule has 0 amide bonds. The van der Waals surface area contributed by atoms with Gasteiger partial charge in [-0.2, -0.15) is 0 Å². The van der Waals surface area contributed by atoms with E-state index in [2.05, 4.69) is 31.3 Å². The Morgan fingerprint density at radius 2 is 2.06 bits per heavy atom. The van der Waals surface area contributed by atoms with E-state index in [1.54, 1.807) is 0 Å². The summed E-state index contributed by atoms with van der Waals surface area (Å²) in [6.45, 7) is 5.70. The van der Waals surface area contributed by atoms with Gasteiger partial charge in [-0.25, -0.2) is 0 Å². The molecule has 0 bridgehead atoms. The van der Waals surface area contributed by atoms with Gasteiger partial charge in [-0.05, 0) is 30.5 Å². The Morgan fingerprint density at radius 1 is 1.24 bits per heavy atom. The van der Waals surface area contributed by atoms with Gasteiger partial charge < -0.3 is 14.8 Å². The van der Waals surface area contributed by atoms with Gasteiger partial charge in [0.25, 0.3) is 0 Å². The molecule has 0 saturated heterocycles. The molecule has 0 radical (unpaired) electrons. The highest BCUT2D eigenvalue weighted by Gasteiger charge is 2.13. The summed E-state index contributed by atoms with van der Waals surface area (Å²) in [5.74, 6) is 1.72. The first-order chi connectivity index (χ1) is 8.33. The lowest BCUT2D eigenvalue weighted by Crippen LogP contribution is -2.27. The van der Waals surface area contributed by atoms with E-state index in [-0.39, 0.29) is 0 Å². The molecule has 1 N–H and O–H groups in total. The van der Waals surface area contributed by atoms with E-state index in [1.165, 1.54) is 24.8 Å². The Morgan fingerprint density at radius 3 is 2.82 bits per heavy atom. The molecule has 1 aliphatic rings. The zero-order chi connectivity index (χ0) is 12.1. The normalized spacial score (nSPS) is 14.9. The van der Waals surface area contributed by atoms with E-state index in [1.807, 2.05) is 6.07 Å². The van der Waals surface area contributed by atoms with Crippen molar-refractivity contribution in [1.82, 2.24) is 5.32 Å². The molecule has 2 rings (SSSR count). The molecule has 1 atom stereocenters. The quantitative estimate of drug-likeness (QED) is 0.822. The van der Waals surface area contributed by atoms with E-state index in [4.69, 9.17) is 9.47 Å². The van der Waals surface area contributed by atoms with Gasteiger partial charge >= 0.3 is 0 Å². The summed E-state index contributed by atoms with van der Waals surface area (Å²) in [6.07, 6.45) is 3.64. The standard InChI is InChI=1S/C14H21NO2/c1-3-5-12(4-2)15-9-11-6-7-13-14(8-11)17-10-16-13/h6-8,12,15H,3-5,9-10H2,1-2H3. The first kappa shape index (κ1) is 12.2. The van der Waals surface area contributed by atoms with Gasteiger partial charge in [0.15, 0.2) is 11.5 Å². The summed E-state index contributed by atoms with van der Waals surface area (Å²) in [5, 5.41) is 3.58. The molecule has 1 unspecified atom stereocenters. The molecule has 94 valence electrons. The molecule has 0 saturated carbocycles. The smallest absolute Gasteiger partial charge is 0.231 e. The fourth-order valence-electron chi connectivity index (χ4n) is 2.11. The Kier molecular flexibility index (Phi) is 4.26. The number of hydrogen-bond donors (Lipinski definition) is 1. The molecule has 17 heavy (non-hydrogen) atoms. The van der Waals surface area contributed by atoms with Crippen molar-refractivity contribution in [3.05, 3.63) is 23.8 Å². The van der Waals surface area contributed by atoms with Crippen molar-refractivity contribution in [2.24, 2.45) is 0 Å². The van der Waals surface area contributed by atoms with E-state index in [9.17, 15) is 0 Å². The van der Waals surface area contributed by atoms with E-state index in [0.29, 0.717) is 12.8 Å². The first-order valence-electron chi connectivity index (χ1n) is 6.45. The van der Waals surface area contributed by atoms with Crippen LogP contribution in [0.4, 0.5) is 0 Å². The average molecular weight is 235 g/mol. The van der Waals surface area contributed by atoms with Gasteiger partial charge in [0.2, 0.25) is 6.79 Å². The fraction of sp³-hybridized carbons (Fsp3) is 0.571. The van der Waals surface area contributed by atoms with Crippen molar-refractivity contribution >= 4 is 0 Å². The molecule has 3 heteroatoms. The maximum atomic E-state index is 5.37. The zero-order valence-electron chi connectivity index (χ0n) is 10.7. The van der Waals surface area contributed by atoms with Crippen molar-refractivity contribution < 1.29 is 9.47 Å². The van der Waals surface area contributed by atoms with Crippen LogP contribution >= 0.6 is 0 Å². The van der Waals surface area contributed by atoms with Crippen molar-refractivity contribution in [2.75, 3.05) is 6.79 Å². The molecular formula is C14H21NO2. The van der Waals surface area contributed by atoms with Crippen LogP contribution in [0.5, 0.6) is 11.5 Å². The maximum Gasteiger partial charge on any atom is 0.231 e. The summed E-state index contributed by atoms with van der Waals surface area (Å²) < 4.78 is 10.7. The molecule has 1 aromatic rings. The lowest BCUT2D eigenvalue weighted by atomic mass is 10.1. The van der Waals surface area contributed by atoms with Crippen molar-refractivity contribution in [3.63, 3.8) is 0 Å². The zero-order valence-corrected chi connectivity index (χ0v) is 10.7. The molecule has 0 spiro atoms. The van der Waals surface area contributed by atoms with Crippen LogP contribution in [-0.2, 0) is 6.54 Å². The third kappa shape index (κ3) is 3.13. The molecule has 1 heterocycles. The van der Waals surface area contributed by atoms with Crippen molar-refractivity contribution in [1.29, 1.82) is 0 Å². The van der Waals surface area contributed by atoms with Gasteiger partial charge in [0, 0.05) is 12.6 Å². The van der Waals surface area contributed by atoms with E-state index < -0.39 is 0 Å². The van der Waals surface area contributed by atoms with E-state index in [0.717, 1.165) is 18.0 Å². The minimum atomic E-state index is 0.347. The number of ether oxygens (including phenoxy) is 2. The van der Waals surface area contributed by atoms with Crippen LogP contribution in [0.2, 0.25) is 0 Å². The second-order valence-corrected chi connectivity index (χ2v) is 4.46. The minimum Gasteiger partial charge on any atom is -0.454 e. The average Bonchev–Trinajstić information content (AvgIpc) is 2.81. The SMILES string of the molecule is CCCC(CC)NCc1ccc2c(c1)OCO2. The van der Waals surface area contributed by atoms with Crippen LogP contribution in [-0.4, -0.2) is 12.8 Å². The van der Waals surface area contributed by atoms with E-state index >= 15 is 0 Å². The maximum absolute atomic E-state index is 5.37. The topological polar surface area (TPSA) is 30.5 Å². The second-order valence-electron chi connectivity index (χ2n) is 4.46. The third-order valence-corrected chi connectivity index (χ3v) is 3.16. The third-order valence-electron chi connectivity index (χ3n) is 3.16. The predicted molar refractivity (Wildman–Crippen MR) is 68.4 cm³/mol. The summed E-state index contributed by atoms with van der Waals surface area (Å²) >= 11 is 0. The van der Waals surface area contributed by atoms with Crippen LogP contribution in [0, 0.1) is 0 Å². The highest BCUT2D eigenvalue weighted by Crippen LogP contribution is 2.32. The highest BCUT2D eigenvalue weighted by molar-refractivity contribution is 5.44. The summed E-state index contributed by atoms with van der Waals surface area (Å²) in [5.41, 5.74) is 1.25. The first-order valence-corrected chi connectivity index (χ1v) is 6.45. The molecule has 0 fully saturated rings. The predicted octanol–water partition coefficient (Wildman–Crippen LogP) is 3.08. The van der Waals surface area contributed by atoms with Crippen molar-refractivity contribution in [3.8, 4) is 11.5 Å². The Bertz CT molecular complexity index is 365. The molecule has 1 aliphatic heterocycles. The van der Waals surface area contributed by atoms with Gasteiger partial charge in [0.05, 0.1) is 0 Å². The Labute approximate surface area is 103 Å². The van der Waals surface area contributed by atoms with Crippen LogP contribution in [0.25, 0.3) is 0 Å². The molecular weight excluding hydrogens is 214 g/mol. The van der Waals surface area contributed by atoms with Crippen LogP contribution in [0.1, 0.15) is 38.7 Å². The van der Waals surface area contributed by atoms with Crippen LogP contribution in [0.15, 0.2) is 18.2 Å². The summed E-state index contributed by atoms with van der Waals surface area (Å²) in [7, 11) is 0. The van der Waals surface area contributed by atoms with Gasteiger partial charge in [-0.15, -0.1) is 0 Å². The second kappa shape index (κ2) is 5.92. The van der Waals surface area contributed by atoms with Crippen molar-refractivity contribution in [2.45, 2.75) is 45.7 Å². The molecule has 0 aromatic heterocycles. The number of rotatable bonds is 6. The lowest BCUT2D eigenvalue weighted by Gasteiger charge is -2.16. The van der Waals surface area contributed by atoms with Gasteiger partial charge in [0.1, 0.15) is 0 Å². The highest BCUT2D eigenvalue weighted by atomic mass is 16.7. The fourth-order valence-corrected chi connectivity index (χ4v) is 2.11. The monoisotopic (exact) mass is 235 g/mol. The Hall–Kier alpha value is -1.22. The van der Waals surface area contributed by atoms with Crippen LogP contribution in [0.3, 0.4) is 0 Å². The number of nitrogens with one attached hydrogen (secondary N) is 1. The summed E-state index contributed by atoms with van der Waals surface area (Å²) in [4.78, 5) is 0. The lowest BCUT2D eigenvalue weighted by molar-refractivity contribution is 0.174. The number of benzene rings is 1.